The van der Waals surface area contributed by atoms with Crippen molar-refractivity contribution in [3.63, 3.8) is 0 Å². The lowest BCUT2D eigenvalue weighted by Gasteiger charge is -2.35. The predicted molar refractivity (Wildman–Crippen MR) is 114 cm³/mol. The molecule has 1 amide bonds. The summed E-state index contributed by atoms with van der Waals surface area (Å²) in [6.07, 6.45) is -2.64. The first-order chi connectivity index (χ1) is 15.3. The standard InChI is InChI=1S/C22H18F3N5OS/c23-22(24,25)17-3-1-16(2-4-17)21-28-18(14-32-21)12-20(31)30-9-7-29(8-10-30)19-11-15(13-26)5-6-27-19/h1-6,11,14H,7-10,12H2. The van der Waals surface area contributed by atoms with Crippen molar-refractivity contribution in [1.82, 2.24) is 14.9 Å². The number of alkyl halides is 3. The molecular formula is C22H18F3N5OS. The van der Waals surface area contributed by atoms with Gasteiger partial charge in [0.2, 0.25) is 5.91 Å². The van der Waals surface area contributed by atoms with E-state index in [1.54, 1.807) is 28.6 Å². The number of aromatic nitrogens is 2. The molecule has 1 saturated heterocycles. The van der Waals surface area contributed by atoms with Gasteiger partial charge in [-0.15, -0.1) is 11.3 Å². The summed E-state index contributed by atoms with van der Waals surface area (Å²) in [5.41, 5.74) is 1.02. The first kappa shape index (κ1) is 21.8. The lowest BCUT2D eigenvalue weighted by Crippen LogP contribution is -2.49. The number of benzene rings is 1. The maximum atomic E-state index is 12.7. The highest BCUT2D eigenvalue weighted by Crippen LogP contribution is 2.32. The fraction of sp³-hybridized carbons (Fsp3) is 0.273. The van der Waals surface area contributed by atoms with Gasteiger partial charge >= 0.3 is 6.18 Å². The average molecular weight is 457 g/mol. The SMILES string of the molecule is N#Cc1ccnc(N2CCN(C(=O)Cc3csc(-c4ccc(C(F)(F)F)cc4)n3)CC2)c1. The number of amides is 1. The minimum absolute atomic E-state index is 0.0485. The summed E-state index contributed by atoms with van der Waals surface area (Å²) in [5, 5.41) is 11.4. The fourth-order valence-corrected chi connectivity index (χ4v) is 4.26. The first-order valence-electron chi connectivity index (χ1n) is 9.84. The quantitative estimate of drug-likeness (QED) is 0.593. The molecule has 0 saturated carbocycles. The minimum atomic E-state index is -4.38. The third-order valence-electron chi connectivity index (χ3n) is 5.17. The summed E-state index contributed by atoms with van der Waals surface area (Å²) in [6, 6.07) is 10.3. The monoisotopic (exact) mass is 457 g/mol. The van der Waals surface area contributed by atoms with E-state index in [0.29, 0.717) is 48.0 Å². The van der Waals surface area contributed by atoms with Crippen LogP contribution in [0.5, 0.6) is 0 Å². The van der Waals surface area contributed by atoms with Gasteiger partial charge in [0, 0.05) is 43.3 Å². The van der Waals surface area contributed by atoms with Gasteiger partial charge in [-0.2, -0.15) is 18.4 Å². The Balaban J connectivity index is 1.34. The van der Waals surface area contributed by atoms with E-state index in [1.807, 2.05) is 4.90 Å². The van der Waals surface area contributed by atoms with E-state index in [9.17, 15) is 18.0 Å². The highest BCUT2D eigenvalue weighted by molar-refractivity contribution is 7.13. The van der Waals surface area contributed by atoms with Crippen molar-refractivity contribution >= 4 is 23.1 Å². The van der Waals surface area contributed by atoms with Crippen LogP contribution in [0.3, 0.4) is 0 Å². The van der Waals surface area contributed by atoms with Crippen molar-refractivity contribution in [2.24, 2.45) is 0 Å². The smallest absolute Gasteiger partial charge is 0.353 e. The second-order valence-corrected chi connectivity index (χ2v) is 8.14. The number of thiazole rings is 1. The molecule has 3 aromatic rings. The summed E-state index contributed by atoms with van der Waals surface area (Å²) in [7, 11) is 0. The number of nitriles is 1. The number of hydrogen-bond donors (Lipinski definition) is 0. The largest absolute Gasteiger partial charge is 0.416 e. The number of piperazine rings is 1. The van der Waals surface area contributed by atoms with Crippen molar-refractivity contribution in [1.29, 1.82) is 5.26 Å². The van der Waals surface area contributed by atoms with Gasteiger partial charge in [-0.3, -0.25) is 4.79 Å². The van der Waals surface area contributed by atoms with Crippen LogP contribution >= 0.6 is 11.3 Å². The molecule has 0 bridgehead atoms. The summed E-state index contributed by atoms with van der Waals surface area (Å²) < 4.78 is 38.2. The van der Waals surface area contributed by atoms with E-state index in [4.69, 9.17) is 5.26 Å². The number of anilines is 1. The lowest BCUT2D eigenvalue weighted by atomic mass is 10.1. The third kappa shape index (κ3) is 4.89. The molecule has 0 radical (unpaired) electrons. The normalized spacial score (nSPS) is 14.3. The average Bonchev–Trinajstić information content (AvgIpc) is 3.27. The molecule has 164 valence electrons. The van der Waals surface area contributed by atoms with E-state index in [1.165, 1.54) is 23.5 Å². The van der Waals surface area contributed by atoms with E-state index in [-0.39, 0.29) is 12.3 Å². The van der Waals surface area contributed by atoms with Gasteiger partial charge in [0.25, 0.3) is 0 Å². The van der Waals surface area contributed by atoms with E-state index >= 15 is 0 Å². The molecule has 1 aliphatic heterocycles. The number of carbonyl (C=O) groups excluding carboxylic acids is 1. The zero-order valence-corrected chi connectivity index (χ0v) is 17.7. The highest BCUT2D eigenvalue weighted by Gasteiger charge is 2.30. The molecular weight excluding hydrogens is 439 g/mol. The van der Waals surface area contributed by atoms with Crippen LogP contribution < -0.4 is 4.90 Å². The molecule has 2 aromatic heterocycles. The van der Waals surface area contributed by atoms with Crippen LogP contribution in [-0.4, -0.2) is 47.0 Å². The van der Waals surface area contributed by atoms with Crippen molar-refractivity contribution < 1.29 is 18.0 Å². The van der Waals surface area contributed by atoms with Crippen molar-refractivity contribution in [2.75, 3.05) is 31.1 Å². The van der Waals surface area contributed by atoms with Gasteiger partial charge < -0.3 is 9.80 Å². The second kappa shape index (κ2) is 8.96. The van der Waals surface area contributed by atoms with Crippen molar-refractivity contribution in [2.45, 2.75) is 12.6 Å². The molecule has 0 N–H and O–H groups in total. The number of hydrogen-bond acceptors (Lipinski definition) is 6. The van der Waals surface area contributed by atoms with Crippen LogP contribution in [0.25, 0.3) is 10.6 Å². The first-order valence-corrected chi connectivity index (χ1v) is 10.7. The van der Waals surface area contributed by atoms with Gasteiger partial charge in [-0.1, -0.05) is 12.1 Å². The summed E-state index contributed by atoms with van der Waals surface area (Å²) in [5.74, 6) is 0.671. The van der Waals surface area contributed by atoms with Gasteiger partial charge in [-0.25, -0.2) is 9.97 Å². The molecule has 4 rings (SSSR count). The Kier molecular flexibility index (Phi) is 6.10. The molecule has 10 heteroatoms. The van der Waals surface area contributed by atoms with Crippen molar-refractivity contribution in [3.8, 4) is 16.6 Å². The Bertz CT molecular complexity index is 1150. The molecule has 32 heavy (non-hydrogen) atoms. The number of rotatable bonds is 4. The van der Waals surface area contributed by atoms with E-state index in [2.05, 4.69) is 16.0 Å². The molecule has 0 spiro atoms. The van der Waals surface area contributed by atoms with Crippen LogP contribution in [0.15, 0.2) is 48.0 Å². The Morgan fingerprint density at radius 3 is 2.50 bits per heavy atom. The maximum Gasteiger partial charge on any atom is 0.416 e. The summed E-state index contributed by atoms with van der Waals surface area (Å²) in [6.45, 7) is 2.30. The minimum Gasteiger partial charge on any atom is -0.353 e. The Hall–Kier alpha value is -3.45. The van der Waals surface area contributed by atoms with Crippen LogP contribution in [0.1, 0.15) is 16.8 Å². The van der Waals surface area contributed by atoms with E-state index in [0.717, 1.165) is 18.0 Å². The summed E-state index contributed by atoms with van der Waals surface area (Å²) >= 11 is 1.30. The van der Waals surface area contributed by atoms with Crippen LogP contribution in [-0.2, 0) is 17.4 Å². The molecule has 0 atom stereocenters. The van der Waals surface area contributed by atoms with Gasteiger partial charge in [-0.05, 0) is 24.3 Å². The zero-order chi connectivity index (χ0) is 22.7. The van der Waals surface area contributed by atoms with Crippen LogP contribution in [0.4, 0.5) is 19.0 Å². The molecule has 1 aliphatic rings. The molecule has 0 aliphatic carbocycles. The molecule has 1 aromatic carbocycles. The van der Waals surface area contributed by atoms with Crippen LogP contribution in [0.2, 0.25) is 0 Å². The van der Waals surface area contributed by atoms with Gasteiger partial charge in [0.05, 0.1) is 29.3 Å². The van der Waals surface area contributed by atoms with E-state index < -0.39 is 11.7 Å². The number of pyridine rings is 1. The predicted octanol–water partition coefficient (Wildman–Crippen LogP) is 3.99. The summed E-state index contributed by atoms with van der Waals surface area (Å²) in [4.78, 5) is 25.2. The maximum absolute atomic E-state index is 12.7. The second-order valence-electron chi connectivity index (χ2n) is 7.28. The number of carbonyl (C=O) groups is 1. The molecule has 0 unspecified atom stereocenters. The van der Waals surface area contributed by atoms with Gasteiger partial charge in [0.15, 0.2) is 0 Å². The zero-order valence-electron chi connectivity index (χ0n) is 16.8. The molecule has 6 nitrogen and oxygen atoms in total. The number of nitrogens with zero attached hydrogens (tertiary/aromatic N) is 5. The molecule has 3 heterocycles. The Morgan fingerprint density at radius 1 is 1.12 bits per heavy atom. The van der Waals surface area contributed by atoms with Gasteiger partial charge in [0.1, 0.15) is 10.8 Å². The lowest BCUT2D eigenvalue weighted by molar-refractivity contribution is -0.137. The Morgan fingerprint density at radius 2 is 1.84 bits per heavy atom. The highest BCUT2D eigenvalue weighted by atomic mass is 32.1. The van der Waals surface area contributed by atoms with Crippen LogP contribution in [0, 0.1) is 11.3 Å². The Labute approximate surface area is 186 Å². The third-order valence-corrected chi connectivity index (χ3v) is 6.11. The van der Waals surface area contributed by atoms with Crippen molar-refractivity contribution in [3.05, 3.63) is 64.8 Å². The fourth-order valence-electron chi connectivity index (χ4n) is 3.44. The topological polar surface area (TPSA) is 73.1 Å². The molecule has 1 fully saturated rings. The number of halogens is 3.